The van der Waals surface area contributed by atoms with Crippen LogP contribution >= 0.6 is 0 Å². The number of aryl methyl sites for hydroxylation is 1. The number of sulfonamides is 1. The zero-order valence-electron chi connectivity index (χ0n) is 23.6. The Bertz CT molecular complexity index is 1190. The highest BCUT2D eigenvalue weighted by molar-refractivity contribution is 7.92. The third-order valence-corrected chi connectivity index (χ3v) is 8.44. The van der Waals surface area contributed by atoms with Crippen molar-refractivity contribution in [2.75, 3.05) is 38.1 Å². The van der Waals surface area contributed by atoms with E-state index in [1.165, 1.54) is 6.07 Å². The number of nitrogens with one attached hydrogen (secondary N) is 2. The molecule has 10 heteroatoms. The zero-order valence-corrected chi connectivity index (χ0v) is 24.5. The standard InChI is InChI=1S/C29H43N3O6S/c1-20-9-12-25(13-10-20)39(35,36)31-24-11-14-27-26(16-24)29(34)32(22(3)19-33)18-21(2)28(17-30-5)37-15-7-6-8-23(4)38-27/h9-14,16,21-23,28,30-31,33H,6-8,15,17-19H2,1-5H3/t21-,22-,23-,28+/m1/s1. The van der Waals surface area contributed by atoms with Crippen LogP contribution in [-0.2, 0) is 14.8 Å². The Kier molecular flexibility index (Phi) is 11.2. The van der Waals surface area contributed by atoms with E-state index in [4.69, 9.17) is 9.47 Å². The Hall–Kier alpha value is -2.66. The first-order valence-corrected chi connectivity index (χ1v) is 15.1. The fourth-order valence-electron chi connectivity index (χ4n) is 4.61. The molecular formula is C29H43N3O6S. The number of carbonyl (C=O) groups is 1. The van der Waals surface area contributed by atoms with Gasteiger partial charge in [0.25, 0.3) is 15.9 Å². The Labute approximate surface area is 232 Å². The number of aliphatic hydroxyl groups is 1. The molecular weight excluding hydrogens is 518 g/mol. The Balaban J connectivity index is 2.02. The number of aliphatic hydroxyl groups excluding tert-OH is 1. The molecule has 3 N–H and O–H groups in total. The van der Waals surface area contributed by atoms with Crippen LogP contribution in [0, 0.1) is 12.8 Å². The van der Waals surface area contributed by atoms with Crippen LogP contribution in [0.5, 0.6) is 5.75 Å². The van der Waals surface area contributed by atoms with Gasteiger partial charge in [-0.05, 0) is 77.4 Å². The van der Waals surface area contributed by atoms with E-state index in [0.29, 0.717) is 25.4 Å². The Morgan fingerprint density at radius 3 is 2.51 bits per heavy atom. The molecule has 2 aromatic carbocycles. The van der Waals surface area contributed by atoms with Gasteiger partial charge in [0.1, 0.15) is 5.75 Å². The molecule has 3 rings (SSSR count). The highest BCUT2D eigenvalue weighted by atomic mass is 32.2. The van der Waals surface area contributed by atoms with Crippen LogP contribution in [0.15, 0.2) is 47.4 Å². The predicted octanol–water partition coefficient (Wildman–Crippen LogP) is 3.81. The smallest absolute Gasteiger partial charge is 0.261 e. The third-order valence-electron chi connectivity index (χ3n) is 7.04. The number of rotatable bonds is 7. The molecule has 4 atom stereocenters. The van der Waals surface area contributed by atoms with Crippen LogP contribution in [0.2, 0.25) is 0 Å². The van der Waals surface area contributed by atoms with Crippen LogP contribution in [0.3, 0.4) is 0 Å². The van der Waals surface area contributed by atoms with Crippen LogP contribution < -0.4 is 14.8 Å². The second-order valence-corrected chi connectivity index (χ2v) is 12.2. The van der Waals surface area contributed by atoms with Crippen molar-refractivity contribution in [1.82, 2.24) is 10.2 Å². The maximum atomic E-state index is 14.1. The number of likely N-dealkylation sites (N-methyl/N-ethyl adjacent to an activating group) is 1. The molecule has 0 bridgehead atoms. The summed E-state index contributed by atoms with van der Waals surface area (Å²) in [5.41, 5.74) is 1.44. The monoisotopic (exact) mass is 561 g/mol. The third kappa shape index (κ3) is 8.41. The minimum atomic E-state index is -3.87. The van der Waals surface area contributed by atoms with Crippen LogP contribution in [-0.4, -0.2) is 75.9 Å². The van der Waals surface area contributed by atoms with Gasteiger partial charge in [-0.15, -0.1) is 0 Å². The zero-order chi connectivity index (χ0) is 28.6. The summed E-state index contributed by atoms with van der Waals surface area (Å²) in [6, 6.07) is 10.8. The van der Waals surface area contributed by atoms with Gasteiger partial charge in [0, 0.05) is 31.3 Å². The first kappa shape index (κ1) is 30.9. The topological polar surface area (TPSA) is 117 Å². The molecule has 0 fully saturated rings. The summed E-state index contributed by atoms with van der Waals surface area (Å²) in [6.07, 6.45) is 2.31. The van der Waals surface area contributed by atoms with Crippen molar-refractivity contribution in [3.8, 4) is 5.75 Å². The van der Waals surface area contributed by atoms with Gasteiger partial charge in [-0.1, -0.05) is 24.6 Å². The van der Waals surface area contributed by atoms with Crippen molar-refractivity contribution in [2.45, 2.75) is 70.1 Å². The van der Waals surface area contributed by atoms with Gasteiger partial charge in [0.2, 0.25) is 0 Å². The number of amides is 1. The summed E-state index contributed by atoms with van der Waals surface area (Å²) < 4.78 is 41.1. The van der Waals surface area contributed by atoms with Crippen molar-refractivity contribution < 1.29 is 27.8 Å². The van der Waals surface area contributed by atoms with E-state index in [1.807, 2.05) is 27.8 Å². The molecule has 216 valence electrons. The lowest BCUT2D eigenvalue weighted by molar-refractivity contribution is -0.000450. The van der Waals surface area contributed by atoms with Gasteiger partial charge in [-0.2, -0.15) is 0 Å². The molecule has 0 spiro atoms. The van der Waals surface area contributed by atoms with Gasteiger partial charge in [0.15, 0.2) is 0 Å². The van der Waals surface area contributed by atoms with Crippen molar-refractivity contribution in [3.63, 3.8) is 0 Å². The predicted molar refractivity (Wildman–Crippen MR) is 153 cm³/mol. The summed E-state index contributed by atoms with van der Waals surface area (Å²) in [4.78, 5) is 15.8. The molecule has 1 aliphatic heterocycles. The SMILES string of the molecule is CNC[C@@H]1OCCCC[C@@H](C)Oc2ccc(NS(=O)(=O)c3ccc(C)cc3)cc2C(=O)N([C@H](C)CO)C[C@H]1C. The number of hydrogen-bond donors (Lipinski definition) is 3. The molecule has 39 heavy (non-hydrogen) atoms. The molecule has 2 aromatic rings. The van der Waals surface area contributed by atoms with Crippen molar-refractivity contribution in [2.24, 2.45) is 5.92 Å². The van der Waals surface area contributed by atoms with E-state index in [2.05, 4.69) is 10.0 Å². The average molecular weight is 562 g/mol. The summed E-state index contributed by atoms with van der Waals surface area (Å²) in [5.74, 6) is 0.0146. The van der Waals surface area contributed by atoms with Crippen LogP contribution in [0.25, 0.3) is 0 Å². The highest BCUT2D eigenvalue weighted by Crippen LogP contribution is 2.29. The fourth-order valence-corrected chi connectivity index (χ4v) is 5.66. The highest BCUT2D eigenvalue weighted by Gasteiger charge is 2.30. The summed E-state index contributed by atoms with van der Waals surface area (Å²) in [5, 5.41) is 13.2. The molecule has 1 heterocycles. The van der Waals surface area contributed by atoms with E-state index in [1.54, 1.807) is 48.2 Å². The minimum Gasteiger partial charge on any atom is -0.490 e. The van der Waals surface area contributed by atoms with E-state index in [-0.39, 0.29) is 46.8 Å². The number of hydrogen-bond acceptors (Lipinski definition) is 7. The fraction of sp³-hybridized carbons (Fsp3) is 0.552. The van der Waals surface area contributed by atoms with Crippen LogP contribution in [0.1, 0.15) is 56.0 Å². The molecule has 1 amide bonds. The Morgan fingerprint density at radius 1 is 1.13 bits per heavy atom. The lowest BCUT2D eigenvalue weighted by Gasteiger charge is -2.34. The molecule has 0 saturated carbocycles. The number of benzene rings is 2. The number of nitrogens with zero attached hydrogens (tertiary/aromatic N) is 1. The molecule has 0 radical (unpaired) electrons. The van der Waals surface area contributed by atoms with E-state index in [0.717, 1.165) is 24.8 Å². The largest absolute Gasteiger partial charge is 0.490 e. The van der Waals surface area contributed by atoms with Gasteiger partial charge >= 0.3 is 0 Å². The van der Waals surface area contributed by atoms with Gasteiger partial charge in [-0.25, -0.2) is 8.42 Å². The maximum absolute atomic E-state index is 14.1. The number of fused-ring (bicyclic) bond motifs is 1. The molecule has 0 unspecified atom stereocenters. The van der Waals surface area contributed by atoms with E-state index >= 15 is 0 Å². The Morgan fingerprint density at radius 2 is 1.85 bits per heavy atom. The quantitative estimate of drug-likeness (QED) is 0.471. The normalized spacial score (nSPS) is 22.4. The van der Waals surface area contributed by atoms with Crippen molar-refractivity contribution >= 4 is 21.6 Å². The minimum absolute atomic E-state index is 0.0233. The van der Waals surface area contributed by atoms with Crippen molar-refractivity contribution in [3.05, 3.63) is 53.6 Å². The lowest BCUT2D eigenvalue weighted by Crippen LogP contribution is -2.47. The molecule has 0 saturated heterocycles. The number of ether oxygens (including phenoxy) is 2. The summed E-state index contributed by atoms with van der Waals surface area (Å²) in [7, 11) is -2.00. The van der Waals surface area contributed by atoms with E-state index in [9.17, 15) is 18.3 Å². The van der Waals surface area contributed by atoms with E-state index < -0.39 is 16.1 Å². The van der Waals surface area contributed by atoms with Gasteiger partial charge in [-0.3, -0.25) is 9.52 Å². The summed E-state index contributed by atoms with van der Waals surface area (Å²) in [6.45, 7) is 9.04. The summed E-state index contributed by atoms with van der Waals surface area (Å²) >= 11 is 0. The lowest BCUT2D eigenvalue weighted by atomic mass is 10.0. The van der Waals surface area contributed by atoms with Crippen molar-refractivity contribution in [1.29, 1.82) is 0 Å². The second-order valence-electron chi connectivity index (χ2n) is 10.5. The molecule has 0 aromatic heterocycles. The van der Waals surface area contributed by atoms with Gasteiger partial charge < -0.3 is 24.8 Å². The average Bonchev–Trinajstić information content (AvgIpc) is 2.90. The second kappa shape index (κ2) is 14.1. The first-order chi connectivity index (χ1) is 18.6. The first-order valence-electron chi connectivity index (χ1n) is 13.6. The number of carbonyl (C=O) groups excluding carboxylic acids is 1. The molecule has 1 aliphatic rings. The number of anilines is 1. The van der Waals surface area contributed by atoms with Gasteiger partial charge in [0.05, 0.1) is 35.3 Å². The maximum Gasteiger partial charge on any atom is 0.261 e. The molecule has 9 nitrogen and oxygen atoms in total. The van der Waals surface area contributed by atoms with Crippen LogP contribution in [0.4, 0.5) is 5.69 Å². The molecule has 0 aliphatic carbocycles.